The van der Waals surface area contributed by atoms with E-state index in [1.54, 1.807) is 0 Å². The maximum Gasteiger partial charge on any atom is 0.161 e. The highest BCUT2D eigenvalue weighted by Crippen LogP contribution is 2.30. The van der Waals surface area contributed by atoms with Crippen molar-refractivity contribution >= 4 is 0 Å². The number of fused-ring (bicyclic) bond motifs is 1. The van der Waals surface area contributed by atoms with Crippen LogP contribution in [0.3, 0.4) is 0 Å². The molecule has 0 amide bonds. The molecule has 3 heteroatoms. The molecule has 0 unspecified atom stereocenters. The van der Waals surface area contributed by atoms with Gasteiger partial charge in [-0.05, 0) is 30.7 Å². The van der Waals surface area contributed by atoms with E-state index in [4.69, 9.17) is 9.47 Å². The van der Waals surface area contributed by atoms with E-state index in [2.05, 4.69) is 24.4 Å². The number of ether oxygens (including phenoxy) is 2. The van der Waals surface area contributed by atoms with Gasteiger partial charge < -0.3 is 14.8 Å². The summed E-state index contributed by atoms with van der Waals surface area (Å²) >= 11 is 0. The van der Waals surface area contributed by atoms with E-state index in [0.29, 0.717) is 13.2 Å². The zero-order valence-electron chi connectivity index (χ0n) is 9.79. The lowest BCUT2D eigenvalue weighted by Crippen LogP contribution is -2.17. The summed E-state index contributed by atoms with van der Waals surface area (Å²) in [6.07, 6.45) is 2.46. The van der Waals surface area contributed by atoms with Crippen molar-refractivity contribution in [2.24, 2.45) is 0 Å². The summed E-state index contributed by atoms with van der Waals surface area (Å²) in [5.41, 5.74) is 1.25. The van der Waals surface area contributed by atoms with Gasteiger partial charge in [0.25, 0.3) is 0 Å². The Labute approximate surface area is 96.8 Å². The van der Waals surface area contributed by atoms with Crippen LogP contribution in [0.1, 0.15) is 25.3 Å². The molecule has 0 spiro atoms. The van der Waals surface area contributed by atoms with Crippen LogP contribution < -0.4 is 14.8 Å². The zero-order valence-corrected chi connectivity index (χ0v) is 9.79. The molecule has 88 valence electrons. The maximum absolute atomic E-state index is 5.54. The molecule has 2 rings (SSSR count). The summed E-state index contributed by atoms with van der Waals surface area (Å²) < 4.78 is 11.0. The minimum atomic E-state index is 0.652. The van der Waals surface area contributed by atoms with Gasteiger partial charge in [0.1, 0.15) is 13.2 Å². The van der Waals surface area contributed by atoms with Crippen LogP contribution in [-0.2, 0) is 6.54 Å². The molecule has 0 saturated carbocycles. The third-order valence-electron chi connectivity index (χ3n) is 2.64. The minimum absolute atomic E-state index is 0.652. The number of hydrogen-bond donors (Lipinski definition) is 1. The van der Waals surface area contributed by atoms with Gasteiger partial charge in [-0.25, -0.2) is 0 Å². The Hall–Kier alpha value is -1.22. The SMILES string of the molecule is CCCCNCc1ccc2c(c1)OCCO2. The highest BCUT2D eigenvalue weighted by Gasteiger charge is 2.11. The molecule has 1 N–H and O–H groups in total. The van der Waals surface area contributed by atoms with Crippen molar-refractivity contribution < 1.29 is 9.47 Å². The van der Waals surface area contributed by atoms with Crippen LogP contribution in [0.4, 0.5) is 0 Å². The van der Waals surface area contributed by atoms with E-state index in [1.165, 1.54) is 18.4 Å². The van der Waals surface area contributed by atoms with Gasteiger partial charge in [-0.15, -0.1) is 0 Å². The minimum Gasteiger partial charge on any atom is -0.486 e. The number of benzene rings is 1. The van der Waals surface area contributed by atoms with Crippen molar-refractivity contribution in [3.8, 4) is 11.5 Å². The average molecular weight is 221 g/mol. The van der Waals surface area contributed by atoms with Gasteiger partial charge in [0, 0.05) is 6.54 Å². The molecule has 1 aliphatic heterocycles. The number of nitrogens with one attached hydrogen (secondary N) is 1. The molecular weight excluding hydrogens is 202 g/mol. The van der Waals surface area contributed by atoms with E-state index >= 15 is 0 Å². The van der Waals surface area contributed by atoms with E-state index in [-0.39, 0.29) is 0 Å². The molecular formula is C13H19NO2. The largest absolute Gasteiger partial charge is 0.486 e. The lowest BCUT2D eigenvalue weighted by molar-refractivity contribution is 0.171. The molecule has 3 nitrogen and oxygen atoms in total. The van der Waals surface area contributed by atoms with Gasteiger partial charge in [-0.2, -0.15) is 0 Å². The van der Waals surface area contributed by atoms with Crippen LogP contribution in [0.2, 0.25) is 0 Å². The molecule has 0 aromatic heterocycles. The maximum atomic E-state index is 5.54. The highest BCUT2D eigenvalue weighted by atomic mass is 16.6. The standard InChI is InChI=1S/C13H19NO2/c1-2-3-6-14-10-11-4-5-12-13(9-11)16-8-7-15-12/h4-5,9,14H,2-3,6-8,10H2,1H3. The van der Waals surface area contributed by atoms with Crippen LogP contribution in [0.25, 0.3) is 0 Å². The van der Waals surface area contributed by atoms with Gasteiger partial charge in [0.05, 0.1) is 0 Å². The quantitative estimate of drug-likeness (QED) is 0.774. The number of hydrogen-bond acceptors (Lipinski definition) is 3. The normalized spacial score (nSPS) is 13.8. The highest BCUT2D eigenvalue weighted by molar-refractivity contribution is 5.43. The molecule has 0 aliphatic carbocycles. The van der Waals surface area contributed by atoms with Crippen LogP contribution in [0.5, 0.6) is 11.5 Å². The Balaban J connectivity index is 1.90. The first-order valence-electron chi connectivity index (χ1n) is 5.99. The summed E-state index contributed by atoms with van der Waals surface area (Å²) in [5, 5.41) is 3.41. The van der Waals surface area contributed by atoms with E-state index < -0.39 is 0 Å². The van der Waals surface area contributed by atoms with Crippen molar-refractivity contribution in [2.75, 3.05) is 19.8 Å². The summed E-state index contributed by atoms with van der Waals surface area (Å²) in [6.45, 7) is 5.48. The first-order valence-corrected chi connectivity index (χ1v) is 5.99. The van der Waals surface area contributed by atoms with E-state index in [0.717, 1.165) is 24.6 Å². The second-order valence-corrected chi connectivity index (χ2v) is 4.01. The second-order valence-electron chi connectivity index (χ2n) is 4.01. The van der Waals surface area contributed by atoms with Crippen molar-refractivity contribution in [3.05, 3.63) is 23.8 Å². The van der Waals surface area contributed by atoms with E-state index in [9.17, 15) is 0 Å². The molecule has 0 atom stereocenters. The Kier molecular flexibility index (Phi) is 4.05. The molecule has 16 heavy (non-hydrogen) atoms. The first kappa shape index (κ1) is 11.3. The van der Waals surface area contributed by atoms with Crippen LogP contribution >= 0.6 is 0 Å². The zero-order chi connectivity index (χ0) is 11.2. The Morgan fingerprint density at radius 1 is 1.19 bits per heavy atom. The molecule has 0 saturated heterocycles. The lowest BCUT2D eigenvalue weighted by atomic mass is 10.2. The molecule has 0 radical (unpaired) electrons. The number of unbranched alkanes of at least 4 members (excludes halogenated alkanes) is 1. The summed E-state index contributed by atoms with van der Waals surface area (Å²) in [4.78, 5) is 0. The predicted molar refractivity (Wildman–Crippen MR) is 64.0 cm³/mol. The summed E-state index contributed by atoms with van der Waals surface area (Å²) in [5.74, 6) is 1.74. The molecule has 0 bridgehead atoms. The monoisotopic (exact) mass is 221 g/mol. The van der Waals surface area contributed by atoms with Crippen molar-refractivity contribution in [3.63, 3.8) is 0 Å². The van der Waals surface area contributed by atoms with Crippen molar-refractivity contribution in [1.82, 2.24) is 5.32 Å². The molecule has 0 fully saturated rings. The van der Waals surface area contributed by atoms with Crippen molar-refractivity contribution in [1.29, 1.82) is 0 Å². The Bertz CT molecular complexity index is 339. The fourth-order valence-corrected chi connectivity index (χ4v) is 1.73. The van der Waals surface area contributed by atoms with Gasteiger partial charge in [-0.1, -0.05) is 19.4 Å². The molecule has 1 aliphatic rings. The Morgan fingerprint density at radius 3 is 2.81 bits per heavy atom. The number of rotatable bonds is 5. The van der Waals surface area contributed by atoms with Crippen molar-refractivity contribution in [2.45, 2.75) is 26.3 Å². The van der Waals surface area contributed by atoms with Crippen LogP contribution in [0.15, 0.2) is 18.2 Å². The average Bonchev–Trinajstić information content (AvgIpc) is 2.34. The molecule has 1 aromatic rings. The van der Waals surface area contributed by atoms with E-state index in [1.807, 2.05) is 6.07 Å². The first-order chi connectivity index (χ1) is 7.90. The molecule has 1 heterocycles. The van der Waals surface area contributed by atoms with Gasteiger partial charge in [-0.3, -0.25) is 0 Å². The fourth-order valence-electron chi connectivity index (χ4n) is 1.73. The fraction of sp³-hybridized carbons (Fsp3) is 0.538. The van der Waals surface area contributed by atoms with Gasteiger partial charge >= 0.3 is 0 Å². The second kappa shape index (κ2) is 5.75. The smallest absolute Gasteiger partial charge is 0.161 e. The summed E-state index contributed by atoms with van der Waals surface area (Å²) in [6, 6.07) is 6.14. The summed E-state index contributed by atoms with van der Waals surface area (Å²) in [7, 11) is 0. The molecule has 1 aromatic carbocycles. The Morgan fingerprint density at radius 2 is 2.00 bits per heavy atom. The topological polar surface area (TPSA) is 30.5 Å². The van der Waals surface area contributed by atoms with Gasteiger partial charge in [0.15, 0.2) is 11.5 Å². The predicted octanol–water partition coefficient (Wildman–Crippen LogP) is 2.35. The van der Waals surface area contributed by atoms with Crippen LogP contribution in [-0.4, -0.2) is 19.8 Å². The third kappa shape index (κ3) is 2.89. The third-order valence-corrected chi connectivity index (χ3v) is 2.64. The van der Waals surface area contributed by atoms with Gasteiger partial charge in [0.2, 0.25) is 0 Å². The van der Waals surface area contributed by atoms with Crippen LogP contribution in [0, 0.1) is 0 Å². The lowest BCUT2D eigenvalue weighted by Gasteiger charge is -2.18.